The minimum Gasteiger partial charge on any atom is -0.326 e. The lowest BCUT2D eigenvalue weighted by molar-refractivity contribution is 0.440. The lowest BCUT2D eigenvalue weighted by Gasteiger charge is -2.18. The molecule has 1 aliphatic rings. The zero-order valence-corrected chi connectivity index (χ0v) is 8.78. The first-order chi connectivity index (χ1) is 5.31. The quantitative estimate of drug-likeness (QED) is 0.671. The molecule has 1 aliphatic carbocycles. The number of nitrogens with one attached hydrogen (secondary N) is 1. The Kier molecular flexibility index (Phi) is 2.50. The maximum atomic E-state index is 5.87. The third-order valence-corrected chi connectivity index (χ3v) is 2.67. The summed E-state index contributed by atoms with van der Waals surface area (Å²) in [4.78, 5) is 0. The second-order valence-corrected chi connectivity index (χ2v) is 5.44. The maximum Gasteiger partial charge on any atom is 0.0124 e. The van der Waals surface area contributed by atoms with E-state index in [2.05, 4.69) is 33.0 Å². The fourth-order valence-electron chi connectivity index (χ4n) is 1.38. The Hall–Kier alpha value is -0.0800. The fraction of sp³-hybridized carbons (Fsp3) is 1.00. The van der Waals surface area contributed by atoms with Crippen LogP contribution in [0, 0.1) is 5.41 Å². The van der Waals surface area contributed by atoms with Crippen molar-refractivity contribution in [1.82, 2.24) is 5.32 Å². The summed E-state index contributed by atoms with van der Waals surface area (Å²) in [6.45, 7) is 9.81. The average molecular weight is 170 g/mol. The highest BCUT2D eigenvalue weighted by atomic mass is 15.0. The van der Waals surface area contributed by atoms with Crippen molar-refractivity contribution in [3.8, 4) is 0 Å². The van der Waals surface area contributed by atoms with E-state index >= 15 is 0 Å². The monoisotopic (exact) mass is 170 g/mol. The molecule has 0 saturated heterocycles. The van der Waals surface area contributed by atoms with Crippen molar-refractivity contribution in [2.75, 3.05) is 6.54 Å². The van der Waals surface area contributed by atoms with Crippen LogP contribution in [0.15, 0.2) is 0 Å². The molecule has 0 radical (unpaired) electrons. The molecule has 0 heterocycles. The van der Waals surface area contributed by atoms with Crippen LogP contribution in [0.25, 0.3) is 0 Å². The molecule has 0 aromatic carbocycles. The van der Waals surface area contributed by atoms with Crippen molar-refractivity contribution < 1.29 is 0 Å². The van der Waals surface area contributed by atoms with Crippen molar-refractivity contribution in [3.05, 3.63) is 0 Å². The fourth-order valence-corrected chi connectivity index (χ4v) is 1.38. The topological polar surface area (TPSA) is 38.0 Å². The molecule has 3 N–H and O–H groups in total. The number of hydrogen-bond donors (Lipinski definition) is 2. The third kappa shape index (κ3) is 3.11. The number of nitrogens with two attached hydrogens (primary N) is 1. The molecule has 1 atom stereocenters. The van der Waals surface area contributed by atoms with Crippen LogP contribution >= 0.6 is 0 Å². The third-order valence-electron chi connectivity index (χ3n) is 2.67. The van der Waals surface area contributed by atoms with Gasteiger partial charge in [0.25, 0.3) is 0 Å². The molecule has 0 amide bonds. The molecule has 0 aliphatic heterocycles. The molecule has 0 bridgehead atoms. The van der Waals surface area contributed by atoms with Crippen molar-refractivity contribution in [1.29, 1.82) is 0 Å². The standard InChI is InChI=1S/C10H22N2/c1-9(2)7-8(9)12-6-5-10(3,4)11/h8,12H,5-7,11H2,1-4H3. The van der Waals surface area contributed by atoms with Gasteiger partial charge in [-0.15, -0.1) is 0 Å². The lowest BCUT2D eigenvalue weighted by atomic mass is 10.0. The van der Waals surface area contributed by atoms with Crippen LogP contribution in [-0.2, 0) is 0 Å². The molecule has 0 aromatic rings. The molecular weight excluding hydrogens is 148 g/mol. The van der Waals surface area contributed by atoms with Gasteiger partial charge >= 0.3 is 0 Å². The van der Waals surface area contributed by atoms with Crippen LogP contribution in [0.1, 0.15) is 40.5 Å². The minimum atomic E-state index is -0.0218. The summed E-state index contributed by atoms with van der Waals surface area (Å²) in [6, 6.07) is 0.736. The highest BCUT2D eigenvalue weighted by Crippen LogP contribution is 2.44. The summed E-state index contributed by atoms with van der Waals surface area (Å²) < 4.78 is 0. The van der Waals surface area contributed by atoms with Crippen molar-refractivity contribution in [2.24, 2.45) is 11.1 Å². The van der Waals surface area contributed by atoms with E-state index in [4.69, 9.17) is 5.73 Å². The number of hydrogen-bond acceptors (Lipinski definition) is 2. The average Bonchev–Trinajstić information content (AvgIpc) is 2.36. The highest BCUT2D eigenvalue weighted by Gasteiger charge is 2.44. The molecule has 1 rings (SSSR count). The predicted molar refractivity (Wildman–Crippen MR) is 53.1 cm³/mol. The van der Waals surface area contributed by atoms with Crippen LogP contribution in [0.5, 0.6) is 0 Å². The van der Waals surface area contributed by atoms with Gasteiger partial charge in [-0.05, 0) is 38.6 Å². The highest BCUT2D eigenvalue weighted by molar-refractivity contribution is 5.01. The minimum absolute atomic E-state index is 0.0218. The Labute approximate surface area is 75.9 Å². The van der Waals surface area contributed by atoms with E-state index in [1.54, 1.807) is 0 Å². The zero-order chi connectivity index (χ0) is 9.41. The first-order valence-electron chi connectivity index (χ1n) is 4.83. The van der Waals surface area contributed by atoms with E-state index in [0.29, 0.717) is 5.41 Å². The van der Waals surface area contributed by atoms with Gasteiger partial charge in [0.1, 0.15) is 0 Å². The Morgan fingerprint density at radius 3 is 2.33 bits per heavy atom. The molecule has 72 valence electrons. The smallest absolute Gasteiger partial charge is 0.0124 e. The van der Waals surface area contributed by atoms with E-state index in [1.807, 2.05) is 0 Å². The Balaban J connectivity index is 2.05. The van der Waals surface area contributed by atoms with Gasteiger partial charge < -0.3 is 11.1 Å². The first kappa shape index (κ1) is 10.0. The molecule has 1 unspecified atom stereocenters. The van der Waals surface area contributed by atoms with Gasteiger partial charge in [0.05, 0.1) is 0 Å². The zero-order valence-electron chi connectivity index (χ0n) is 8.78. The summed E-state index contributed by atoms with van der Waals surface area (Å²) in [5.74, 6) is 0. The molecule has 0 spiro atoms. The van der Waals surface area contributed by atoms with Gasteiger partial charge in [0.15, 0.2) is 0 Å². The van der Waals surface area contributed by atoms with Crippen LogP contribution in [0.4, 0.5) is 0 Å². The molecule has 12 heavy (non-hydrogen) atoms. The number of rotatable bonds is 4. The van der Waals surface area contributed by atoms with Gasteiger partial charge in [-0.3, -0.25) is 0 Å². The van der Waals surface area contributed by atoms with Gasteiger partial charge in [-0.2, -0.15) is 0 Å². The second-order valence-electron chi connectivity index (χ2n) is 5.44. The molecule has 2 nitrogen and oxygen atoms in total. The second kappa shape index (κ2) is 3.00. The normalized spacial score (nSPS) is 27.2. The largest absolute Gasteiger partial charge is 0.326 e. The lowest BCUT2D eigenvalue weighted by Crippen LogP contribution is -2.36. The van der Waals surface area contributed by atoms with Gasteiger partial charge in [0, 0.05) is 11.6 Å². The molecule has 0 aromatic heterocycles. The van der Waals surface area contributed by atoms with E-state index < -0.39 is 0 Å². The Morgan fingerprint density at radius 2 is 2.00 bits per heavy atom. The molecule has 1 saturated carbocycles. The van der Waals surface area contributed by atoms with Crippen LogP contribution in [0.2, 0.25) is 0 Å². The molecule has 1 fully saturated rings. The molecular formula is C10H22N2. The molecule has 2 heteroatoms. The summed E-state index contributed by atoms with van der Waals surface area (Å²) >= 11 is 0. The van der Waals surface area contributed by atoms with Gasteiger partial charge in [-0.1, -0.05) is 13.8 Å². The van der Waals surface area contributed by atoms with Crippen LogP contribution in [0.3, 0.4) is 0 Å². The SMILES string of the molecule is CC(C)(N)CCNC1CC1(C)C. The Morgan fingerprint density at radius 1 is 1.50 bits per heavy atom. The van der Waals surface area contributed by atoms with Crippen molar-refractivity contribution in [2.45, 2.75) is 52.1 Å². The van der Waals surface area contributed by atoms with E-state index in [1.165, 1.54) is 6.42 Å². The summed E-state index contributed by atoms with van der Waals surface area (Å²) in [5, 5.41) is 3.52. The van der Waals surface area contributed by atoms with E-state index in [9.17, 15) is 0 Å². The van der Waals surface area contributed by atoms with Crippen LogP contribution < -0.4 is 11.1 Å². The van der Waals surface area contributed by atoms with Crippen LogP contribution in [-0.4, -0.2) is 18.1 Å². The van der Waals surface area contributed by atoms with Gasteiger partial charge in [0.2, 0.25) is 0 Å². The summed E-state index contributed by atoms with van der Waals surface area (Å²) in [6.07, 6.45) is 2.37. The summed E-state index contributed by atoms with van der Waals surface area (Å²) in [7, 11) is 0. The van der Waals surface area contributed by atoms with Crippen molar-refractivity contribution in [3.63, 3.8) is 0 Å². The van der Waals surface area contributed by atoms with Crippen molar-refractivity contribution >= 4 is 0 Å². The predicted octanol–water partition coefficient (Wildman–Crippen LogP) is 1.50. The van der Waals surface area contributed by atoms with Gasteiger partial charge in [-0.25, -0.2) is 0 Å². The summed E-state index contributed by atoms with van der Waals surface area (Å²) in [5.41, 5.74) is 6.39. The first-order valence-corrected chi connectivity index (χ1v) is 4.83. The maximum absolute atomic E-state index is 5.87. The van der Waals surface area contributed by atoms with E-state index in [0.717, 1.165) is 19.0 Å². The van der Waals surface area contributed by atoms with E-state index in [-0.39, 0.29) is 5.54 Å². The Bertz CT molecular complexity index is 156.